The van der Waals surface area contributed by atoms with Crippen LogP contribution in [0.3, 0.4) is 0 Å². The molecule has 2 aliphatic heterocycles. The fourth-order valence-electron chi connectivity index (χ4n) is 14.6. The fraction of sp³-hybridized carbons (Fsp3) is 0.500. The van der Waals surface area contributed by atoms with E-state index in [-0.39, 0.29) is 39.2 Å². The topological polar surface area (TPSA) is 6.48 Å². The number of aryl methyl sites for hydroxylation is 1. The summed E-state index contributed by atoms with van der Waals surface area (Å²) < 4.78 is 0. The van der Waals surface area contributed by atoms with Crippen molar-refractivity contribution < 1.29 is 0 Å². The molecule has 0 unspecified atom stereocenters. The van der Waals surface area contributed by atoms with E-state index in [0.717, 1.165) is 24.2 Å². The van der Waals surface area contributed by atoms with Gasteiger partial charge in [0.25, 0.3) is 6.71 Å². The number of hydrogen-bond acceptors (Lipinski definition) is 2. The maximum absolute atomic E-state index is 2.79. The first-order chi connectivity index (χ1) is 29.4. The first-order valence-corrected chi connectivity index (χ1v) is 24.8. The predicted molar refractivity (Wildman–Crippen MR) is 272 cm³/mol. The Labute approximate surface area is 381 Å². The normalized spacial score (nSPS) is 24.9. The Hall–Kier alpha value is -4.24. The highest BCUT2D eigenvalue weighted by Gasteiger charge is 2.54. The third-order valence-electron chi connectivity index (χ3n) is 17.3. The van der Waals surface area contributed by atoms with Gasteiger partial charge in [0.2, 0.25) is 0 Å². The lowest BCUT2D eigenvalue weighted by atomic mass is 9.33. The van der Waals surface area contributed by atoms with Crippen molar-refractivity contribution in [3.8, 4) is 0 Å². The van der Waals surface area contributed by atoms with Crippen LogP contribution < -0.4 is 26.2 Å². The third kappa shape index (κ3) is 6.38. The molecule has 0 atom stereocenters. The SMILES string of the molecule is Cc1ccc2c(c1)B1c3cc4c(cc3N(c3cc(C(C)(C)C)cc(C(C)(C)C)c3)c3cc(C56CC7CC(CC(C7)C5)C6)cc(c31)N2c1ccc(C(C)(C)C)cc1)C(C)(C)CC4(C)C. The molecule has 4 bridgehead atoms. The molecule has 12 rings (SSSR count). The molecule has 4 saturated carbocycles. The first-order valence-electron chi connectivity index (χ1n) is 24.8. The zero-order chi connectivity index (χ0) is 44.6. The number of nitrogens with zero attached hydrogens (tertiary/aromatic N) is 2. The van der Waals surface area contributed by atoms with Crippen LogP contribution in [0.4, 0.5) is 34.1 Å². The van der Waals surface area contributed by atoms with Gasteiger partial charge < -0.3 is 9.80 Å². The second-order valence-corrected chi connectivity index (χ2v) is 26.3. The second kappa shape index (κ2) is 13.2. The van der Waals surface area contributed by atoms with Crippen LogP contribution in [0.15, 0.2) is 84.9 Å². The van der Waals surface area contributed by atoms with Gasteiger partial charge in [-0.25, -0.2) is 0 Å². The van der Waals surface area contributed by atoms with Gasteiger partial charge in [-0.3, -0.25) is 0 Å². The molecule has 0 N–H and O–H groups in total. The quantitative estimate of drug-likeness (QED) is 0.164. The number of hydrogen-bond donors (Lipinski definition) is 0. The van der Waals surface area contributed by atoms with E-state index in [1.54, 1.807) is 5.56 Å². The minimum Gasteiger partial charge on any atom is -0.311 e. The summed E-state index contributed by atoms with van der Waals surface area (Å²) in [7, 11) is 0. The molecular weight excluding hydrogens is 759 g/mol. The summed E-state index contributed by atoms with van der Waals surface area (Å²) in [6.07, 6.45) is 9.53. The molecule has 3 heteroatoms. The molecule has 5 aliphatic carbocycles. The lowest BCUT2D eigenvalue weighted by Crippen LogP contribution is -2.62. The molecule has 0 amide bonds. The van der Waals surface area contributed by atoms with E-state index in [1.165, 1.54) is 122 Å². The van der Waals surface area contributed by atoms with Gasteiger partial charge in [-0.15, -0.1) is 0 Å². The number of benzene rings is 5. The summed E-state index contributed by atoms with van der Waals surface area (Å²) in [5.74, 6) is 2.59. The van der Waals surface area contributed by atoms with Crippen molar-refractivity contribution >= 4 is 57.2 Å². The average Bonchev–Trinajstić information content (AvgIpc) is 3.36. The highest BCUT2D eigenvalue weighted by molar-refractivity contribution is 7.00. The summed E-state index contributed by atoms with van der Waals surface area (Å²) in [5.41, 5.74) is 23.1. The van der Waals surface area contributed by atoms with Crippen molar-refractivity contribution in [1.82, 2.24) is 0 Å². The molecule has 0 aromatic heterocycles. The van der Waals surface area contributed by atoms with E-state index in [4.69, 9.17) is 0 Å². The van der Waals surface area contributed by atoms with Gasteiger partial charge in [0.05, 0.1) is 0 Å². The highest BCUT2D eigenvalue weighted by Crippen LogP contribution is 2.62. The Kier molecular flexibility index (Phi) is 8.69. The zero-order valence-corrected chi connectivity index (χ0v) is 41.2. The molecule has 5 aromatic rings. The van der Waals surface area contributed by atoms with Gasteiger partial charge in [-0.2, -0.15) is 0 Å². The standard InChI is InChI=1S/C60H73BN2/c1-36-15-20-50-48(21-36)61-49-30-46-47(59(13,14)35-58(46,11)12)31-51(49)63(45-26-41(56(5,6)7)25-42(27-45)57(8,9)10)53-29-43(60-32-37-22-38(33-60)24-39(23-37)34-60)28-52(54(53)61)62(50)44-18-16-40(17-19-44)55(2,3)4/h15-21,25-31,37-39H,22-24,32-35H2,1-14H3. The van der Waals surface area contributed by atoms with Crippen molar-refractivity contribution in [2.75, 3.05) is 9.80 Å². The van der Waals surface area contributed by atoms with Gasteiger partial charge >= 0.3 is 0 Å². The molecule has 5 aromatic carbocycles. The fourth-order valence-corrected chi connectivity index (χ4v) is 14.6. The smallest absolute Gasteiger partial charge is 0.252 e. The van der Waals surface area contributed by atoms with Crippen molar-refractivity contribution in [3.63, 3.8) is 0 Å². The molecule has 0 radical (unpaired) electrons. The van der Waals surface area contributed by atoms with Crippen LogP contribution in [0.2, 0.25) is 0 Å². The van der Waals surface area contributed by atoms with Gasteiger partial charge in [-0.05, 0) is 200 Å². The Morgan fingerprint density at radius 3 is 1.51 bits per heavy atom. The van der Waals surface area contributed by atoms with Crippen LogP contribution in [0.1, 0.15) is 174 Å². The molecular formula is C60H73BN2. The molecule has 326 valence electrons. The Morgan fingerprint density at radius 2 is 0.984 bits per heavy atom. The van der Waals surface area contributed by atoms with E-state index < -0.39 is 0 Å². The Morgan fingerprint density at radius 1 is 0.492 bits per heavy atom. The van der Waals surface area contributed by atoms with Crippen molar-refractivity contribution in [2.45, 2.75) is 174 Å². The lowest BCUT2D eigenvalue weighted by molar-refractivity contribution is -0.00514. The van der Waals surface area contributed by atoms with Crippen molar-refractivity contribution in [1.29, 1.82) is 0 Å². The van der Waals surface area contributed by atoms with Crippen LogP contribution in [0.5, 0.6) is 0 Å². The summed E-state index contributed by atoms with van der Waals surface area (Å²) in [5, 5.41) is 0. The third-order valence-corrected chi connectivity index (χ3v) is 17.3. The number of rotatable bonds is 3. The zero-order valence-electron chi connectivity index (χ0n) is 41.2. The minimum absolute atomic E-state index is 0.00588. The molecule has 4 fully saturated rings. The molecule has 63 heavy (non-hydrogen) atoms. The monoisotopic (exact) mass is 833 g/mol. The van der Waals surface area contributed by atoms with Crippen LogP contribution in [0, 0.1) is 24.7 Å². The van der Waals surface area contributed by atoms with Gasteiger partial charge in [0.15, 0.2) is 0 Å². The van der Waals surface area contributed by atoms with Crippen molar-refractivity contribution in [2.24, 2.45) is 17.8 Å². The Bertz CT molecular complexity index is 2640. The predicted octanol–water partition coefficient (Wildman–Crippen LogP) is 14.4. The largest absolute Gasteiger partial charge is 0.311 e. The molecule has 0 spiro atoms. The van der Waals surface area contributed by atoms with E-state index >= 15 is 0 Å². The minimum atomic E-state index is -0.00588. The maximum Gasteiger partial charge on any atom is 0.252 e. The first kappa shape index (κ1) is 41.5. The molecule has 7 aliphatic rings. The molecule has 0 saturated heterocycles. The molecule has 2 nitrogen and oxygen atoms in total. The van der Waals surface area contributed by atoms with E-state index in [2.05, 4.69) is 192 Å². The van der Waals surface area contributed by atoms with Gasteiger partial charge in [-0.1, -0.05) is 132 Å². The second-order valence-electron chi connectivity index (χ2n) is 26.3. The van der Waals surface area contributed by atoms with Crippen LogP contribution in [-0.2, 0) is 32.5 Å². The van der Waals surface area contributed by atoms with Gasteiger partial charge in [0, 0.05) is 34.1 Å². The maximum atomic E-state index is 2.79. The van der Waals surface area contributed by atoms with Gasteiger partial charge in [0.1, 0.15) is 0 Å². The summed E-state index contributed by atoms with van der Waals surface area (Å²) in [6.45, 7) is 33.8. The lowest BCUT2D eigenvalue weighted by Gasteiger charge is -2.57. The van der Waals surface area contributed by atoms with E-state index in [9.17, 15) is 0 Å². The van der Waals surface area contributed by atoms with Crippen LogP contribution in [0.25, 0.3) is 0 Å². The summed E-state index contributed by atoms with van der Waals surface area (Å²) in [6, 6.07) is 35.5. The average molecular weight is 833 g/mol. The van der Waals surface area contributed by atoms with Crippen LogP contribution >= 0.6 is 0 Å². The van der Waals surface area contributed by atoms with E-state index in [0.29, 0.717) is 0 Å². The van der Waals surface area contributed by atoms with E-state index in [1.807, 2.05) is 0 Å². The highest BCUT2D eigenvalue weighted by atomic mass is 15.2. The van der Waals surface area contributed by atoms with Crippen LogP contribution in [-0.4, -0.2) is 6.71 Å². The number of fused-ring (bicyclic) bond motifs is 5. The summed E-state index contributed by atoms with van der Waals surface area (Å²) in [4.78, 5) is 5.48. The summed E-state index contributed by atoms with van der Waals surface area (Å²) >= 11 is 0. The Balaban J connectivity index is 1.27. The molecule has 2 heterocycles. The van der Waals surface area contributed by atoms with Crippen molar-refractivity contribution in [3.05, 3.63) is 124 Å². The number of anilines is 6.